The van der Waals surface area contributed by atoms with Crippen molar-refractivity contribution in [3.63, 3.8) is 0 Å². The molecule has 14 heteroatoms. The summed E-state index contributed by atoms with van der Waals surface area (Å²) in [5.41, 5.74) is 5.86. The lowest BCUT2D eigenvalue weighted by Gasteiger charge is -2.50. The Balaban J connectivity index is 1.10. The van der Waals surface area contributed by atoms with Gasteiger partial charge in [-0.15, -0.1) is 0 Å². The highest BCUT2D eigenvalue weighted by Crippen LogP contribution is 2.65. The van der Waals surface area contributed by atoms with E-state index in [1.165, 1.54) is 37.3 Å². The van der Waals surface area contributed by atoms with Crippen LogP contribution in [0.25, 0.3) is 22.6 Å². The molecule has 3 heterocycles. The lowest BCUT2D eigenvalue weighted by molar-refractivity contribution is -0.138. The SMILES string of the molecule is COc1ccc([C@@]23C(=O)N(Nc4ccc(Cl)cc4Cl)C(=O)[C@@H]2C[C@@H]2C(=CC[C@@H]4C(=O)N(c5ccc(-c6nc7ccccc7o6)cc5)C(=O)[C@@H]42)[C@@H]3c2ccc(O)cc2OC)cc1. The number of phenolic OH excluding ortho intramolecular Hbond substituents is 1. The van der Waals surface area contributed by atoms with Gasteiger partial charge in [-0.25, -0.2) is 4.98 Å². The standard InChI is InChI=1S/C47H36Cl2N4O8/c1-59-29-15-9-25(10-16-29)47-34(44(56)53(46(47)58)51-36-20-11-26(48)21-35(36)49)23-33-30(41(47)31-17-14-28(54)22-39(31)60-2)18-19-32-40(33)45(57)52(43(32)55)27-12-7-24(8-13-27)42-50-37-5-3-4-6-38(37)61-42/h3-18,20-22,32-34,40-41,51,54H,19,23H2,1-2H3/t32-,33+,34-,40-,41+,47+/m0/s1. The molecule has 12 nitrogen and oxygen atoms in total. The van der Waals surface area contributed by atoms with Crippen LogP contribution in [0.5, 0.6) is 17.2 Å². The van der Waals surface area contributed by atoms with Gasteiger partial charge in [0.25, 0.3) is 11.8 Å². The van der Waals surface area contributed by atoms with E-state index in [0.29, 0.717) is 50.1 Å². The zero-order valence-electron chi connectivity index (χ0n) is 32.7. The number of nitrogens with one attached hydrogen (secondary N) is 1. The first kappa shape index (κ1) is 38.6. The van der Waals surface area contributed by atoms with E-state index in [4.69, 9.17) is 37.1 Å². The second-order valence-corrected chi connectivity index (χ2v) is 16.5. The summed E-state index contributed by atoms with van der Waals surface area (Å²) in [5, 5.41) is 12.2. The van der Waals surface area contributed by atoms with Crippen LogP contribution in [0.3, 0.4) is 0 Å². The number of hydrogen-bond donors (Lipinski definition) is 2. The number of ether oxygens (including phenoxy) is 2. The van der Waals surface area contributed by atoms with Gasteiger partial charge in [0.05, 0.1) is 53.8 Å². The number of carbonyl (C=O) groups is 4. The molecule has 2 N–H and O–H groups in total. The maximum Gasteiger partial charge on any atom is 0.260 e. The highest BCUT2D eigenvalue weighted by atomic mass is 35.5. The van der Waals surface area contributed by atoms with Gasteiger partial charge in [0, 0.05) is 28.1 Å². The van der Waals surface area contributed by atoms with E-state index in [1.54, 1.807) is 66.7 Å². The fourth-order valence-corrected chi connectivity index (χ4v) is 10.6. The highest BCUT2D eigenvalue weighted by Gasteiger charge is 2.70. The molecule has 2 saturated heterocycles. The smallest absolute Gasteiger partial charge is 0.260 e. The van der Waals surface area contributed by atoms with Crippen LogP contribution >= 0.6 is 23.2 Å². The molecule has 4 aliphatic rings. The number of aromatic hydroxyl groups is 1. The Hall–Kier alpha value is -6.63. The number of fused-ring (bicyclic) bond motifs is 5. The van der Waals surface area contributed by atoms with Crippen LogP contribution in [0.4, 0.5) is 11.4 Å². The van der Waals surface area contributed by atoms with Crippen LogP contribution in [-0.4, -0.2) is 52.9 Å². The number of imide groups is 2. The average Bonchev–Trinajstić information content (AvgIpc) is 3.89. The molecule has 6 atom stereocenters. The summed E-state index contributed by atoms with van der Waals surface area (Å²) in [5.74, 6) is -4.85. The van der Waals surface area contributed by atoms with Crippen LogP contribution in [-0.2, 0) is 24.6 Å². The fourth-order valence-electron chi connectivity index (χ4n) is 10.1. The number of allylic oxidation sites excluding steroid dienone is 2. The van der Waals surface area contributed by atoms with Gasteiger partial charge in [-0.1, -0.05) is 65.2 Å². The maximum absolute atomic E-state index is 15.6. The third kappa shape index (κ3) is 5.83. The minimum Gasteiger partial charge on any atom is -0.508 e. The third-order valence-electron chi connectivity index (χ3n) is 12.8. The molecule has 2 aliphatic heterocycles. The van der Waals surface area contributed by atoms with E-state index >= 15 is 9.59 Å². The number of benzene rings is 5. The number of halogens is 2. The second kappa shape index (κ2) is 14.5. The summed E-state index contributed by atoms with van der Waals surface area (Å²) in [6, 6.07) is 30.7. The monoisotopic (exact) mass is 854 g/mol. The van der Waals surface area contributed by atoms with Crippen LogP contribution in [0.15, 0.2) is 125 Å². The van der Waals surface area contributed by atoms with Crippen molar-refractivity contribution in [3.05, 3.63) is 142 Å². The summed E-state index contributed by atoms with van der Waals surface area (Å²) in [4.78, 5) is 65.8. The van der Waals surface area contributed by atoms with Gasteiger partial charge in [-0.2, -0.15) is 5.01 Å². The number of carbonyl (C=O) groups excluding carboxylic acids is 4. The Morgan fingerprint density at radius 3 is 2.33 bits per heavy atom. The minimum atomic E-state index is -1.61. The number of phenols is 1. The molecule has 0 bridgehead atoms. The molecular weight excluding hydrogens is 819 g/mol. The number of aromatic nitrogens is 1. The molecule has 306 valence electrons. The van der Waals surface area contributed by atoms with Gasteiger partial charge < -0.3 is 19.0 Å². The predicted octanol–water partition coefficient (Wildman–Crippen LogP) is 8.71. The number of hydrazine groups is 1. The largest absolute Gasteiger partial charge is 0.508 e. The molecule has 61 heavy (non-hydrogen) atoms. The second-order valence-electron chi connectivity index (χ2n) is 15.7. The first-order chi connectivity index (χ1) is 29.5. The normalized spacial score (nSPS) is 24.4. The maximum atomic E-state index is 15.6. The molecule has 0 unspecified atom stereocenters. The zero-order valence-corrected chi connectivity index (χ0v) is 34.2. The van der Waals surface area contributed by atoms with E-state index in [-0.39, 0.29) is 41.0 Å². The lowest BCUT2D eigenvalue weighted by Crippen LogP contribution is -2.53. The Bertz CT molecular complexity index is 2810. The van der Waals surface area contributed by atoms with E-state index in [1.807, 2.05) is 30.3 Å². The van der Waals surface area contributed by atoms with Gasteiger partial charge in [0.1, 0.15) is 22.8 Å². The molecule has 1 saturated carbocycles. The molecule has 3 fully saturated rings. The Morgan fingerprint density at radius 2 is 1.61 bits per heavy atom. The molecule has 4 amide bonds. The molecule has 0 spiro atoms. The van der Waals surface area contributed by atoms with Gasteiger partial charge in [-0.05, 0) is 97.1 Å². The van der Waals surface area contributed by atoms with Crippen molar-refractivity contribution in [2.24, 2.45) is 23.7 Å². The fraction of sp³-hybridized carbons (Fsp3) is 0.213. The van der Waals surface area contributed by atoms with E-state index < -0.39 is 52.7 Å². The minimum absolute atomic E-state index is 0.0653. The van der Waals surface area contributed by atoms with Crippen LogP contribution < -0.4 is 19.8 Å². The molecule has 0 radical (unpaired) electrons. The van der Waals surface area contributed by atoms with Crippen molar-refractivity contribution in [2.75, 3.05) is 24.5 Å². The van der Waals surface area contributed by atoms with Crippen LogP contribution in [0, 0.1) is 23.7 Å². The Kier molecular flexibility index (Phi) is 9.19. The van der Waals surface area contributed by atoms with Gasteiger partial charge in [0.2, 0.25) is 17.7 Å². The summed E-state index contributed by atoms with van der Waals surface area (Å²) < 4.78 is 17.3. The van der Waals surface area contributed by atoms with Crippen molar-refractivity contribution >= 4 is 69.3 Å². The van der Waals surface area contributed by atoms with Crippen molar-refractivity contribution < 1.29 is 38.2 Å². The lowest BCUT2D eigenvalue weighted by atomic mass is 9.49. The number of para-hydroxylation sites is 2. The molecule has 5 aromatic carbocycles. The van der Waals surface area contributed by atoms with Crippen molar-refractivity contribution in [1.82, 2.24) is 9.99 Å². The summed E-state index contributed by atoms with van der Waals surface area (Å²) in [6.45, 7) is 0. The number of amides is 4. The van der Waals surface area contributed by atoms with Crippen molar-refractivity contribution in [1.29, 1.82) is 0 Å². The number of methoxy groups -OCH3 is 2. The molecule has 6 aromatic rings. The van der Waals surface area contributed by atoms with E-state index in [2.05, 4.69) is 10.4 Å². The highest BCUT2D eigenvalue weighted by molar-refractivity contribution is 6.36. The predicted molar refractivity (Wildman–Crippen MR) is 227 cm³/mol. The summed E-state index contributed by atoms with van der Waals surface area (Å²) in [7, 11) is 3.00. The van der Waals surface area contributed by atoms with Crippen molar-refractivity contribution in [3.8, 4) is 28.7 Å². The number of rotatable bonds is 8. The average molecular weight is 856 g/mol. The van der Waals surface area contributed by atoms with E-state index in [9.17, 15) is 14.7 Å². The first-order valence-corrected chi connectivity index (χ1v) is 20.4. The Labute approximate surface area is 359 Å². The molecule has 2 aliphatic carbocycles. The Morgan fingerprint density at radius 1 is 0.836 bits per heavy atom. The third-order valence-corrected chi connectivity index (χ3v) is 13.3. The van der Waals surface area contributed by atoms with Crippen molar-refractivity contribution in [2.45, 2.75) is 24.2 Å². The molecule has 10 rings (SSSR count). The number of hydrogen-bond acceptors (Lipinski definition) is 10. The number of oxazole rings is 1. The van der Waals surface area contributed by atoms with Gasteiger partial charge in [0.15, 0.2) is 5.58 Å². The quantitative estimate of drug-likeness (QED) is 0.112. The van der Waals surface area contributed by atoms with E-state index in [0.717, 1.165) is 10.6 Å². The number of nitrogens with zero attached hydrogens (tertiary/aromatic N) is 3. The van der Waals surface area contributed by atoms with Crippen LogP contribution in [0.1, 0.15) is 29.9 Å². The van der Waals surface area contributed by atoms with Gasteiger partial charge >= 0.3 is 0 Å². The first-order valence-electron chi connectivity index (χ1n) is 19.7. The topological polar surface area (TPSA) is 152 Å². The number of anilines is 2. The van der Waals surface area contributed by atoms with Crippen LogP contribution in [0.2, 0.25) is 10.0 Å². The molecular formula is C47H36Cl2N4O8. The van der Waals surface area contributed by atoms with Gasteiger partial charge in [-0.3, -0.25) is 29.5 Å². The zero-order chi connectivity index (χ0) is 42.3. The molecule has 1 aromatic heterocycles. The summed E-state index contributed by atoms with van der Waals surface area (Å²) >= 11 is 12.8. The summed E-state index contributed by atoms with van der Waals surface area (Å²) in [6.07, 6.45) is 2.24.